The third-order valence-corrected chi connectivity index (χ3v) is 6.81. The van der Waals surface area contributed by atoms with Crippen molar-refractivity contribution in [1.82, 2.24) is 4.72 Å². The maximum Gasteiger partial charge on any atom is 0.293 e. The van der Waals surface area contributed by atoms with E-state index in [4.69, 9.17) is 4.74 Å². The number of anilines is 1. The van der Waals surface area contributed by atoms with Crippen LogP contribution in [0.4, 0.5) is 11.4 Å². The minimum Gasteiger partial charge on any atom is -0.370 e. The van der Waals surface area contributed by atoms with Gasteiger partial charge in [0.05, 0.1) is 29.6 Å². The third-order valence-electron chi connectivity index (χ3n) is 5.35. The monoisotopic (exact) mass is 413 g/mol. The van der Waals surface area contributed by atoms with E-state index in [1.54, 1.807) is 6.07 Å². The van der Waals surface area contributed by atoms with E-state index in [0.29, 0.717) is 18.7 Å². The number of nitrogens with zero attached hydrogens (tertiary/aromatic N) is 2. The zero-order valence-electron chi connectivity index (χ0n) is 16.1. The number of hydrogen-bond acceptors (Lipinski definition) is 6. The second-order valence-electron chi connectivity index (χ2n) is 7.32. The Kier molecular flexibility index (Phi) is 7.22. The molecule has 0 saturated carbocycles. The fourth-order valence-corrected chi connectivity index (χ4v) is 4.85. The molecule has 0 aliphatic carbocycles. The fourth-order valence-electron chi connectivity index (χ4n) is 3.76. The summed E-state index contributed by atoms with van der Waals surface area (Å²) in [4.78, 5) is 14.4. The van der Waals surface area contributed by atoms with E-state index in [0.717, 1.165) is 65.2 Å². The number of benzene rings is 1. The van der Waals surface area contributed by atoms with Crippen LogP contribution in [0.5, 0.6) is 0 Å². The Morgan fingerprint density at radius 2 is 1.89 bits per heavy atom. The van der Waals surface area contributed by atoms with Gasteiger partial charge in [0.1, 0.15) is 18.8 Å². The molecular formula is C18H29N4O5S+. The Morgan fingerprint density at radius 1 is 1.18 bits per heavy atom. The molecule has 0 amide bonds. The number of nitro benzene ring substituents is 1. The van der Waals surface area contributed by atoms with Crippen molar-refractivity contribution >= 4 is 21.4 Å². The second kappa shape index (κ2) is 9.64. The number of morpholine rings is 1. The van der Waals surface area contributed by atoms with Gasteiger partial charge >= 0.3 is 0 Å². The van der Waals surface area contributed by atoms with Gasteiger partial charge in [0.25, 0.3) is 5.69 Å². The molecule has 1 aromatic carbocycles. The normalized spacial score (nSPS) is 18.9. The zero-order valence-corrected chi connectivity index (χ0v) is 16.9. The first kappa shape index (κ1) is 21.0. The van der Waals surface area contributed by atoms with E-state index in [2.05, 4.69) is 4.72 Å². The molecule has 0 aromatic heterocycles. The van der Waals surface area contributed by atoms with Crippen LogP contribution < -0.4 is 14.5 Å². The first-order chi connectivity index (χ1) is 13.5. The summed E-state index contributed by atoms with van der Waals surface area (Å²) in [6, 6.07) is 4.21. The van der Waals surface area contributed by atoms with Crippen molar-refractivity contribution in [1.29, 1.82) is 0 Å². The van der Waals surface area contributed by atoms with E-state index < -0.39 is 14.9 Å². The first-order valence-electron chi connectivity index (χ1n) is 9.92. The highest BCUT2D eigenvalue weighted by Crippen LogP contribution is 2.32. The highest BCUT2D eigenvalue weighted by atomic mass is 32.2. The van der Waals surface area contributed by atoms with Gasteiger partial charge in [-0.25, -0.2) is 13.1 Å². The van der Waals surface area contributed by atoms with Gasteiger partial charge in [0.2, 0.25) is 10.0 Å². The maximum atomic E-state index is 12.6. The highest BCUT2D eigenvalue weighted by molar-refractivity contribution is 7.89. The maximum absolute atomic E-state index is 12.6. The van der Waals surface area contributed by atoms with E-state index in [9.17, 15) is 18.5 Å². The Labute approximate surface area is 165 Å². The predicted octanol–water partition coefficient (Wildman–Crippen LogP) is 0.169. The lowest BCUT2D eigenvalue weighted by molar-refractivity contribution is -0.908. The Hall–Kier alpha value is -1.75. The molecule has 2 aliphatic heterocycles. The summed E-state index contributed by atoms with van der Waals surface area (Å²) in [5.74, 6) is 0. The lowest BCUT2D eigenvalue weighted by Crippen LogP contribution is -3.14. The van der Waals surface area contributed by atoms with Gasteiger partial charge < -0.3 is 14.5 Å². The van der Waals surface area contributed by atoms with Crippen LogP contribution >= 0.6 is 0 Å². The van der Waals surface area contributed by atoms with Crippen LogP contribution in [0.2, 0.25) is 0 Å². The zero-order chi connectivity index (χ0) is 20.0. The van der Waals surface area contributed by atoms with Crippen LogP contribution in [0.25, 0.3) is 0 Å². The summed E-state index contributed by atoms with van der Waals surface area (Å²) in [7, 11) is -3.77. The number of quaternary nitrogens is 1. The molecule has 3 rings (SSSR count). The molecule has 10 heteroatoms. The lowest BCUT2D eigenvalue weighted by atomic mass is 10.1. The smallest absolute Gasteiger partial charge is 0.293 e. The van der Waals surface area contributed by atoms with Crippen molar-refractivity contribution in [2.24, 2.45) is 0 Å². The SMILES string of the molecule is O=[N+]([O-])c1cc(S(=O)(=O)NCCC[NH+]2CCOCC2)ccc1N1CCCCC1. The summed E-state index contributed by atoms with van der Waals surface area (Å²) in [5, 5.41) is 11.5. The molecule has 28 heavy (non-hydrogen) atoms. The van der Waals surface area contributed by atoms with Gasteiger partial charge in [-0.1, -0.05) is 0 Å². The minimum atomic E-state index is -3.77. The van der Waals surface area contributed by atoms with Crippen LogP contribution in [0, 0.1) is 10.1 Å². The van der Waals surface area contributed by atoms with E-state index in [1.807, 2.05) is 4.90 Å². The number of nitrogens with one attached hydrogen (secondary N) is 2. The minimum absolute atomic E-state index is 0.0568. The number of hydrogen-bond donors (Lipinski definition) is 2. The summed E-state index contributed by atoms with van der Waals surface area (Å²) in [5.41, 5.74) is 0.349. The van der Waals surface area contributed by atoms with Crippen LogP contribution in [0.1, 0.15) is 25.7 Å². The van der Waals surface area contributed by atoms with Crippen molar-refractivity contribution in [3.63, 3.8) is 0 Å². The van der Waals surface area contributed by atoms with Gasteiger partial charge in [-0.05, 0) is 31.4 Å². The molecule has 156 valence electrons. The second-order valence-corrected chi connectivity index (χ2v) is 9.09. The molecule has 2 saturated heterocycles. The Morgan fingerprint density at radius 3 is 2.57 bits per heavy atom. The van der Waals surface area contributed by atoms with Gasteiger partial charge in [-0.15, -0.1) is 0 Å². The molecule has 2 aliphatic rings. The van der Waals surface area contributed by atoms with Gasteiger partial charge in [-0.2, -0.15) is 0 Å². The van der Waals surface area contributed by atoms with Crippen molar-refractivity contribution in [2.75, 3.05) is 57.4 Å². The number of sulfonamides is 1. The highest BCUT2D eigenvalue weighted by Gasteiger charge is 2.25. The van der Waals surface area contributed by atoms with Crippen LogP contribution in [0.3, 0.4) is 0 Å². The van der Waals surface area contributed by atoms with Gasteiger partial charge in [0, 0.05) is 32.1 Å². The predicted molar refractivity (Wildman–Crippen MR) is 105 cm³/mol. The summed E-state index contributed by atoms with van der Waals surface area (Å²) >= 11 is 0. The van der Waals surface area contributed by atoms with E-state index >= 15 is 0 Å². The largest absolute Gasteiger partial charge is 0.370 e. The number of piperidine rings is 1. The molecule has 0 bridgehead atoms. The quantitative estimate of drug-likeness (QED) is 0.357. The van der Waals surface area contributed by atoms with Crippen molar-refractivity contribution in [2.45, 2.75) is 30.6 Å². The van der Waals surface area contributed by atoms with Crippen LogP contribution in [-0.4, -0.2) is 65.8 Å². The number of rotatable bonds is 8. The van der Waals surface area contributed by atoms with Crippen LogP contribution in [0.15, 0.2) is 23.1 Å². The van der Waals surface area contributed by atoms with E-state index in [1.165, 1.54) is 17.0 Å². The fraction of sp³-hybridized carbons (Fsp3) is 0.667. The average Bonchev–Trinajstić information content (AvgIpc) is 2.72. The summed E-state index contributed by atoms with van der Waals surface area (Å²) in [6.07, 6.45) is 3.81. The molecule has 0 spiro atoms. The van der Waals surface area contributed by atoms with Gasteiger partial charge in [-0.3, -0.25) is 10.1 Å². The molecule has 0 atom stereocenters. The molecule has 2 fully saturated rings. The molecule has 9 nitrogen and oxygen atoms in total. The van der Waals surface area contributed by atoms with E-state index in [-0.39, 0.29) is 10.6 Å². The van der Waals surface area contributed by atoms with Crippen molar-refractivity contribution < 1.29 is 23.0 Å². The Balaban J connectivity index is 1.63. The molecule has 2 heterocycles. The molecule has 2 N–H and O–H groups in total. The third kappa shape index (κ3) is 5.40. The van der Waals surface area contributed by atoms with Crippen molar-refractivity contribution in [3.05, 3.63) is 28.3 Å². The first-order valence-corrected chi connectivity index (χ1v) is 11.4. The van der Waals surface area contributed by atoms with Crippen molar-refractivity contribution in [3.8, 4) is 0 Å². The number of ether oxygens (including phenoxy) is 1. The van der Waals surface area contributed by atoms with Gasteiger partial charge in [0.15, 0.2) is 0 Å². The molecule has 0 unspecified atom stereocenters. The summed E-state index contributed by atoms with van der Waals surface area (Å²) < 4.78 is 33.0. The topological polar surface area (TPSA) is 106 Å². The molecule has 1 aromatic rings. The molecular weight excluding hydrogens is 384 g/mol. The number of nitro groups is 1. The van der Waals surface area contributed by atoms with Crippen LogP contribution in [-0.2, 0) is 14.8 Å². The lowest BCUT2D eigenvalue weighted by Gasteiger charge is -2.28. The molecule has 0 radical (unpaired) electrons. The summed E-state index contributed by atoms with van der Waals surface area (Å²) in [6.45, 7) is 6.08. The standard InChI is InChI=1S/C18H28N4O5S/c23-22(24)18-15-16(5-6-17(18)21-9-2-1-3-10-21)28(25,26)19-7-4-8-20-11-13-27-14-12-20/h5-6,15,19H,1-4,7-14H2/p+1. The average molecular weight is 414 g/mol. The Bertz CT molecular complexity index is 774.